The number of thioether (sulfide) groups is 1. The molecule has 9 heteroatoms. The molecule has 0 bridgehead atoms. The largest absolute Gasteiger partial charge is 0.467 e. The standard InChI is InChI=1S/C23H35N3O5S/c1-15(2)13-19(25-21(28)18(24-14-27)11-12-32-5)22(29)26-20(23(30)31-4)16(3)17-9-7-6-8-10-17/h6-10,14-16,18-20H,11-13H2,1-5H3,(H,24,27)(H,25,28)(H,26,29)/t16?,18-,19-,20-/m0/s1. The fourth-order valence-electron chi connectivity index (χ4n) is 3.30. The van der Waals surface area contributed by atoms with Crippen LogP contribution in [-0.4, -0.2) is 61.4 Å². The van der Waals surface area contributed by atoms with Gasteiger partial charge in [-0.2, -0.15) is 11.8 Å². The average Bonchev–Trinajstić information content (AvgIpc) is 2.78. The van der Waals surface area contributed by atoms with Crippen molar-refractivity contribution in [1.29, 1.82) is 0 Å². The Kier molecular flexibility index (Phi) is 12.5. The molecule has 178 valence electrons. The highest BCUT2D eigenvalue weighted by Gasteiger charge is 2.33. The lowest BCUT2D eigenvalue weighted by molar-refractivity contribution is -0.146. The van der Waals surface area contributed by atoms with E-state index in [1.165, 1.54) is 7.11 Å². The van der Waals surface area contributed by atoms with Gasteiger partial charge in [-0.1, -0.05) is 51.1 Å². The monoisotopic (exact) mass is 465 g/mol. The molecule has 0 aliphatic heterocycles. The summed E-state index contributed by atoms with van der Waals surface area (Å²) in [5.41, 5.74) is 0.875. The molecule has 0 aliphatic rings. The molecule has 3 N–H and O–H groups in total. The second-order valence-corrected chi connectivity index (χ2v) is 9.00. The third kappa shape index (κ3) is 8.90. The number of carbonyl (C=O) groups is 4. The smallest absolute Gasteiger partial charge is 0.328 e. The highest BCUT2D eigenvalue weighted by atomic mass is 32.2. The summed E-state index contributed by atoms with van der Waals surface area (Å²) in [7, 11) is 1.27. The molecule has 1 aromatic rings. The SMILES string of the molecule is COC(=O)[C@@H](NC(=O)[C@H](CC(C)C)NC(=O)[C@H](CCSC)NC=O)C(C)c1ccccc1. The van der Waals surface area contributed by atoms with Gasteiger partial charge in [-0.05, 0) is 36.3 Å². The maximum absolute atomic E-state index is 13.1. The number of carbonyl (C=O) groups excluding carboxylic acids is 4. The average molecular weight is 466 g/mol. The number of esters is 1. The van der Waals surface area contributed by atoms with Crippen LogP contribution < -0.4 is 16.0 Å². The number of ether oxygens (including phenoxy) is 1. The Morgan fingerprint density at radius 3 is 2.19 bits per heavy atom. The van der Waals surface area contributed by atoms with E-state index >= 15 is 0 Å². The van der Waals surface area contributed by atoms with Crippen molar-refractivity contribution in [2.24, 2.45) is 5.92 Å². The Bertz CT molecular complexity index is 744. The summed E-state index contributed by atoms with van der Waals surface area (Å²) in [6.45, 7) is 5.71. The van der Waals surface area contributed by atoms with Crippen molar-refractivity contribution in [3.05, 3.63) is 35.9 Å². The van der Waals surface area contributed by atoms with Crippen molar-refractivity contribution < 1.29 is 23.9 Å². The van der Waals surface area contributed by atoms with Crippen LogP contribution in [0.25, 0.3) is 0 Å². The Morgan fingerprint density at radius 1 is 1.03 bits per heavy atom. The van der Waals surface area contributed by atoms with Crippen LogP contribution in [0.3, 0.4) is 0 Å². The third-order valence-corrected chi connectivity index (χ3v) is 5.76. The van der Waals surface area contributed by atoms with E-state index < -0.39 is 35.9 Å². The van der Waals surface area contributed by atoms with E-state index in [0.717, 1.165) is 5.56 Å². The van der Waals surface area contributed by atoms with Crippen molar-refractivity contribution in [3.8, 4) is 0 Å². The van der Waals surface area contributed by atoms with Crippen molar-refractivity contribution >= 4 is 36.0 Å². The molecule has 1 unspecified atom stereocenters. The van der Waals surface area contributed by atoms with Gasteiger partial charge >= 0.3 is 5.97 Å². The summed E-state index contributed by atoms with van der Waals surface area (Å²) in [4.78, 5) is 49.3. The summed E-state index contributed by atoms with van der Waals surface area (Å²) < 4.78 is 4.92. The van der Waals surface area contributed by atoms with Crippen LogP contribution in [0.4, 0.5) is 0 Å². The molecule has 0 saturated carbocycles. The Labute approximate surface area is 194 Å². The van der Waals surface area contributed by atoms with Gasteiger partial charge < -0.3 is 20.7 Å². The van der Waals surface area contributed by atoms with Gasteiger partial charge in [0.25, 0.3) is 0 Å². The van der Waals surface area contributed by atoms with Crippen LogP contribution in [0.2, 0.25) is 0 Å². The van der Waals surface area contributed by atoms with Crippen molar-refractivity contribution in [2.75, 3.05) is 19.1 Å². The minimum Gasteiger partial charge on any atom is -0.467 e. The molecule has 4 atom stereocenters. The van der Waals surface area contributed by atoms with Crippen molar-refractivity contribution in [1.82, 2.24) is 16.0 Å². The molecule has 8 nitrogen and oxygen atoms in total. The van der Waals surface area contributed by atoms with Crippen LogP contribution in [0, 0.1) is 5.92 Å². The predicted octanol–water partition coefficient (Wildman–Crippen LogP) is 1.85. The summed E-state index contributed by atoms with van der Waals surface area (Å²) in [5, 5.41) is 8.03. The lowest BCUT2D eigenvalue weighted by Crippen LogP contribution is -2.56. The summed E-state index contributed by atoms with van der Waals surface area (Å²) >= 11 is 1.56. The first-order valence-electron chi connectivity index (χ1n) is 10.7. The second-order valence-electron chi connectivity index (χ2n) is 8.02. The molecule has 0 saturated heterocycles. The van der Waals surface area contributed by atoms with E-state index in [2.05, 4.69) is 16.0 Å². The first kappa shape index (κ1) is 27.5. The van der Waals surface area contributed by atoms with Gasteiger partial charge in [0.2, 0.25) is 18.2 Å². The minimum atomic E-state index is -0.915. The molecule has 3 amide bonds. The number of benzene rings is 1. The summed E-state index contributed by atoms with van der Waals surface area (Å²) in [6, 6.07) is 6.84. The molecule has 1 rings (SSSR count). The van der Waals surface area contributed by atoms with Gasteiger partial charge in [0, 0.05) is 5.92 Å². The molecular formula is C23H35N3O5S. The lowest BCUT2D eigenvalue weighted by atomic mass is 9.92. The van der Waals surface area contributed by atoms with E-state index in [1.807, 2.05) is 57.4 Å². The number of hydrogen-bond acceptors (Lipinski definition) is 6. The van der Waals surface area contributed by atoms with Gasteiger partial charge in [0.05, 0.1) is 7.11 Å². The maximum Gasteiger partial charge on any atom is 0.328 e. The fraction of sp³-hybridized carbons (Fsp3) is 0.565. The Hall–Kier alpha value is -2.55. The quantitative estimate of drug-likeness (QED) is 0.285. The first-order valence-corrected chi connectivity index (χ1v) is 12.1. The molecule has 32 heavy (non-hydrogen) atoms. The van der Waals surface area contributed by atoms with Gasteiger partial charge in [0.15, 0.2) is 0 Å². The topological polar surface area (TPSA) is 114 Å². The molecule has 0 aliphatic carbocycles. The van der Waals surface area contributed by atoms with Crippen molar-refractivity contribution in [3.63, 3.8) is 0 Å². The zero-order chi connectivity index (χ0) is 24.1. The van der Waals surface area contributed by atoms with Gasteiger partial charge in [-0.15, -0.1) is 0 Å². The summed E-state index contributed by atoms with van der Waals surface area (Å²) in [6.07, 6.45) is 3.21. The van der Waals surface area contributed by atoms with Gasteiger partial charge in [-0.3, -0.25) is 14.4 Å². The Balaban J connectivity index is 3.03. The number of rotatable bonds is 14. The van der Waals surface area contributed by atoms with Crippen LogP contribution in [0.1, 0.15) is 45.1 Å². The van der Waals surface area contributed by atoms with E-state index in [4.69, 9.17) is 4.74 Å². The molecule has 0 aromatic heterocycles. The zero-order valence-corrected chi connectivity index (χ0v) is 20.2. The number of hydrogen-bond donors (Lipinski definition) is 3. The van der Waals surface area contributed by atoms with E-state index in [0.29, 0.717) is 25.0 Å². The fourth-order valence-corrected chi connectivity index (χ4v) is 3.77. The molecule has 1 aromatic carbocycles. The molecular weight excluding hydrogens is 430 g/mol. The van der Waals surface area contributed by atoms with Crippen LogP contribution >= 0.6 is 11.8 Å². The van der Waals surface area contributed by atoms with Crippen molar-refractivity contribution in [2.45, 2.75) is 57.7 Å². The highest BCUT2D eigenvalue weighted by Crippen LogP contribution is 2.20. The number of methoxy groups -OCH3 is 1. The van der Waals surface area contributed by atoms with E-state index in [1.54, 1.807) is 11.8 Å². The summed E-state index contributed by atoms with van der Waals surface area (Å²) in [5.74, 6) is -1.02. The maximum atomic E-state index is 13.1. The van der Waals surface area contributed by atoms with Gasteiger partial charge in [-0.25, -0.2) is 4.79 Å². The number of amides is 3. The Morgan fingerprint density at radius 2 is 1.66 bits per heavy atom. The predicted molar refractivity (Wildman–Crippen MR) is 126 cm³/mol. The van der Waals surface area contributed by atoms with Gasteiger partial charge in [0.1, 0.15) is 18.1 Å². The highest BCUT2D eigenvalue weighted by molar-refractivity contribution is 7.98. The third-order valence-electron chi connectivity index (χ3n) is 5.11. The number of nitrogens with one attached hydrogen (secondary N) is 3. The first-order chi connectivity index (χ1) is 15.2. The van der Waals surface area contributed by atoms with Crippen LogP contribution in [-0.2, 0) is 23.9 Å². The van der Waals surface area contributed by atoms with E-state index in [-0.39, 0.29) is 11.8 Å². The molecule has 0 spiro atoms. The van der Waals surface area contributed by atoms with Crippen LogP contribution in [0.5, 0.6) is 0 Å². The minimum absolute atomic E-state index is 0.109. The van der Waals surface area contributed by atoms with Crippen LogP contribution in [0.15, 0.2) is 30.3 Å². The molecule has 0 radical (unpaired) electrons. The van der Waals surface area contributed by atoms with E-state index in [9.17, 15) is 19.2 Å². The zero-order valence-electron chi connectivity index (χ0n) is 19.4. The second kappa shape index (κ2) is 14.5. The molecule has 0 heterocycles. The lowest BCUT2D eigenvalue weighted by Gasteiger charge is -2.27. The normalized spacial score (nSPS) is 14.6. The molecule has 0 fully saturated rings.